The molecule has 72 valence electrons. The van der Waals surface area contributed by atoms with Crippen LogP contribution in [0.4, 0.5) is 0 Å². The van der Waals surface area contributed by atoms with Crippen molar-refractivity contribution >= 4 is 21.9 Å². The van der Waals surface area contributed by atoms with E-state index in [0.717, 1.165) is 4.48 Å². The van der Waals surface area contributed by atoms with E-state index in [1.54, 1.807) is 6.08 Å². The molecule has 1 N–H and O–H groups in total. The molecule has 0 amide bonds. The molecule has 1 atom stereocenters. The third-order valence-electron chi connectivity index (χ3n) is 1.97. The zero-order chi connectivity index (χ0) is 10.0. The largest absolute Gasteiger partial charge is 0.511 e. The van der Waals surface area contributed by atoms with Crippen LogP contribution in [-0.4, -0.2) is 18.2 Å². The summed E-state index contributed by atoms with van der Waals surface area (Å²) in [5.74, 6) is -0.183. The van der Waals surface area contributed by atoms with Gasteiger partial charge in [-0.15, -0.1) is 0 Å². The van der Waals surface area contributed by atoms with E-state index in [0.29, 0.717) is 6.42 Å². The minimum Gasteiger partial charge on any atom is -0.511 e. The molecule has 13 heavy (non-hydrogen) atoms. The minimum absolute atomic E-state index is 0.0996. The van der Waals surface area contributed by atoms with Crippen LogP contribution in [0, 0.1) is 5.92 Å². The van der Waals surface area contributed by atoms with Crippen molar-refractivity contribution in [3.8, 4) is 0 Å². The zero-order valence-electron chi connectivity index (χ0n) is 7.50. The minimum atomic E-state index is -0.499. The van der Waals surface area contributed by atoms with E-state index >= 15 is 0 Å². The van der Waals surface area contributed by atoms with Gasteiger partial charge in [0.15, 0.2) is 0 Å². The summed E-state index contributed by atoms with van der Waals surface area (Å²) >= 11 is 3.33. The number of allylic oxidation sites excluding steroid dienone is 2. The van der Waals surface area contributed by atoms with Gasteiger partial charge in [0.2, 0.25) is 0 Å². The standard InChI is InChI=1S/C9H11BrO3/c1-5-3-8(11)6(4-7(5)10)9(12)13-2/h4-5,11H,3H2,1-2H3. The Balaban J connectivity index is 2.97. The number of methoxy groups -OCH3 is 1. The van der Waals surface area contributed by atoms with Crippen molar-refractivity contribution in [1.29, 1.82) is 0 Å². The van der Waals surface area contributed by atoms with Crippen LogP contribution >= 0.6 is 15.9 Å². The Hall–Kier alpha value is -0.770. The molecule has 1 unspecified atom stereocenters. The van der Waals surface area contributed by atoms with Crippen molar-refractivity contribution in [3.63, 3.8) is 0 Å². The van der Waals surface area contributed by atoms with Crippen molar-refractivity contribution in [2.75, 3.05) is 7.11 Å². The highest BCUT2D eigenvalue weighted by molar-refractivity contribution is 9.11. The predicted molar refractivity (Wildman–Crippen MR) is 52.5 cm³/mol. The molecule has 4 heteroatoms. The van der Waals surface area contributed by atoms with Crippen LogP contribution < -0.4 is 0 Å². The van der Waals surface area contributed by atoms with Gasteiger partial charge < -0.3 is 9.84 Å². The van der Waals surface area contributed by atoms with Crippen LogP contribution in [0.1, 0.15) is 13.3 Å². The van der Waals surface area contributed by atoms with Crippen LogP contribution in [0.5, 0.6) is 0 Å². The summed E-state index contributed by atoms with van der Waals surface area (Å²) in [7, 11) is 1.29. The number of aliphatic hydroxyl groups is 1. The number of hydrogen-bond donors (Lipinski definition) is 1. The maximum Gasteiger partial charge on any atom is 0.341 e. The van der Waals surface area contributed by atoms with E-state index in [-0.39, 0.29) is 17.3 Å². The second-order valence-corrected chi connectivity index (χ2v) is 3.90. The van der Waals surface area contributed by atoms with Crippen LogP contribution in [-0.2, 0) is 9.53 Å². The number of halogens is 1. The van der Waals surface area contributed by atoms with E-state index in [4.69, 9.17) is 0 Å². The van der Waals surface area contributed by atoms with Crippen molar-refractivity contribution in [3.05, 3.63) is 21.9 Å². The van der Waals surface area contributed by atoms with E-state index < -0.39 is 5.97 Å². The average Bonchev–Trinajstić information content (AvgIpc) is 2.10. The summed E-state index contributed by atoms with van der Waals surface area (Å²) in [6.45, 7) is 1.96. The number of esters is 1. The normalized spacial score (nSPS) is 22.7. The molecule has 0 spiro atoms. The summed E-state index contributed by atoms with van der Waals surface area (Å²) in [6, 6.07) is 0. The molecule has 0 fully saturated rings. The van der Waals surface area contributed by atoms with Crippen LogP contribution in [0.25, 0.3) is 0 Å². The number of ether oxygens (including phenoxy) is 1. The lowest BCUT2D eigenvalue weighted by molar-refractivity contribution is -0.135. The smallest absolute Gasteiger partial charge is 0.341 e. The van der Waals surface area contributed by atoms with Crippen LogP contribution in [0.3, 0.4) is 0 Å². The van der Waals surface area contributed by atoms with Crippen LogP contribution in [0.15, 0.2) is 21.9 Å². The van der Waals surface area contributed by atoms with Gasteiger partial charge >= 0.3 is 5.97 Å². The average molecular weight is 247 g/mol. The van der Waals surface area contributed by atoms with Crippen molar-refractivity contribution in [2.24, 2.45) is 5.92 Å². The molecule has 0 aromatic carbocycles. The lowest BCUT2D eigenvalue weighted by Gasteiger charge is -2.17. The highest BCUT2D eigenvalue weighted by Gasteiger charge is 2.22. The van der Waals surface area contributed by atoms with Gasteiger partial charge in [0.25, 0.3) is 0 Å². The monoisotopic (exact) mass is 246 g/mol. The lowest BCUT2D eigenvalue weighted by atomic mass is 9.97. The summed E-state index contributed by atoms with van der Waals surface area (Å²) < 4.78 is 5.43. The first-order chi connectivity index (χ1) is 6.06. The van der Waals surface area contributed by atoms with E-state index in [9.17, 15) is 9.90 Å². The van der Waals surface area contributed by atoms with Gasteiger partial charge in [0.1, 0.15) is 5.76 Å². The van der Waals surface area contributed by atoms with Gasteiger partial charge in [-0.05, 0) is 16.5 Å². The van der Waals surface area contributed by atoms with E-state index in [2.05, 4.69) is 20.7 Å². The summed E-state index contributed by atoms with van der Waals surface area (Å²) in [5.41, 5.74) is 0.243. The first-order valence-electron chi connectivity index (χ1n) is 3.93. The fourth-order valence-electron chi connectivity index (χ4n) is 1.15. The molecule has 0 aromatic heterocycles. The molecule has 0 saturated carbocycles. The number of carbonyl (C=O) groups excluding carboxylic acids is 1. The zero-order valence-corrected chi connectivity index (χ0v) is 9.09. The van der Waals surface area contributed by atoms with Gasteiger partial charge in [-0.2, -0.15) is 0 Å². The Morgan fingerprint density at radius 3 is 2.92 bits per heavy atom. The SMILES string of the molecule is COC(=O)C1=C(O)CC(C)C(Br)=C1. The number of carbonyl (C=O) groups is 1. The molecule has 1 rings (SSSR count). The van der Waals surface area contributed by atoms with E-state index in [1.807, 2.05) is 6.92 Å². The first kappa shape index (κ1) is 10.3. The lowest BCUT2D eigenvalue weighted by Crippen LogP contribution is -2.12. The maximum absolute atomic E-state index is 11.1. The molecule has 1 aliphatic rings. The quantitative estimate of drug-likeness (QED) is 0.723. The van der Waals surface area contributed by atoms with E-state index in [1.165, 1.54) is 7.11 Å². The fraction of sp³-hybridized carbons (Fsp3) is 0.444. The second kappa shape index (κ2) is 3.96. The summed E-state index contributed by atoms with van der Waals surface area (Å²) in [5, 5.41) is 9.47. The molecule has 0 bridgehead atoms. The van der Waals surface area contributed by atoms with Gasteiger partial charge in [-0.1, -0.05) is 22.9 Å². The Morgan fingerprint density at radius 2 is 2.38 bits per heavy atom. The summed E-state index contributed by atoms with van der Waals surface area (Å²) in [6.07, 6.45) is 2.08. The molecule has 0 aromatic rings. The predicted octanol–water partition coefficient (Wildman–Crippen LogP) is 2.29. The van der Waals surface area contributed by atoms with Gasteiger partial charge in [-0.25, -0.2) is 4.79 Å². The Labute approximate surface area is 85.2 Å². The highest BCUT2D eigenvalue weighted by atomic mass is 79.9. The molecule has 0 heterocycles. The highest BCUT2D eigenvalue weighted by Crippen LogP contribution is 2.31. The fourth-order valence-corrected chi connectivity index (χ4v) is 1.54. The van der Waals surface area contributed by atoms with Crippen molar-refractivity contribution in [1.82, 2.24) is 0 Å². The second-order valence-electron chi connectivity index (χ2n) is 2.99. The molecule has 0 radical (unpaired) electrons. The Morgan fingerprint density at radius 1 is 1.77 bits per heavy atom. The van der Waals surface area contributed by atoms with Crippen molar-refractivity contribution in [2.45, 2.75) is 13.3 Å². The third-order valence-corrected chi connectivity index (χ3v) is 2.98. The topological polar surface area (TPSA) is 46.5 Å². The molecule has 1 aliphatic carbocycles. The maximum atomic E-state index is 11.1. The van der Waals surface area contributed by atoms with Crippen molar-refractivity contribution < 1.29 is 14.6 Å². The Bertz CT molecular complexity index is 291. The molecule has 0 aliphatic heterocycles. The number of rotatable bonds is 1. The van der Waals surface area contributed by atoms with Crippen LogP contribution in [0.2, 0.25) is 0 Å². The molecule has 3 nitrogen and oxygen atoms in total. The van der Waals surface area contributed by atoms with Gasteiger partial charge in [0.05, 0.1) is 12.7 Å². The third kappa shape index (κ3) is 2.12. The number of aliphatic hydroxyl groups excluding tert-OH is 1. The molecule has 0 saturated heterocycles. The molecular weight excluding hydrogens is 236 g/mol. The number of hydrogen-bond acceptors (Lipinski definition) is 3. The van der Waals surface area contributed by atoms with Gasteiger partial charge in [-0.3, -0.25) is 0 Å². The summed E-state index contributed by atoms with van der Waals surface area (Å²) in [4.78, 5) is 11.1. The van der Waals surface area contributed by atoms with Gasteiger partial charge in [0, 0.05) is 6.42 Å². The Kier molecular flexibility index (Phi) is 3.14. The molecular formula is C9H11BrO3. The first-order valence-corrected chi connectivity index (χ1v) is 4.73.